The summed E-state index contributed by atoms with van der Waals surface area (Å²) in [4.78, 5) is 31.6. The number of nitrogens with one attached hydrogen (secondary N) is 2. The SMILES string of the molecule is CC(C)Oc1nccc(-c2[nH]c(C3OCC(C)(C(=O)NCCCN(C)C)CO3)nc2-c2ccc(F)cc2)n1. The number of aromatic amines is 1. The number of halogens is 1. The lowest BCUT2D eigenvalue weighted by molar-refractivity contribution is -0.231. The number of aromatic nitrogens is 4. The third-order valence-corrected chi connectivity index (χ3v) is 6.02. The summed E-state index contributed by atoms with van der Waals surface area (Å²) in [5, 5.41) is 2.98. The van der Waals surface area contributed by atoms with Gasteiger partial charge in [-0.2, -0.15) is 4.98 Å². The fourth-order valence-corrected chi connectivity index (χ4v) is 3.96. The molecule has 0 atom stereocenters. The molecule has 0 spiro atoms. The van der Waals surface area contributed by atoms with Crippen LogP contribution in [0.2, 0.25) is 0 Å². The molecule has 4 rings (SSSR count). The molecule has 0 saturated carbocycles. The van der Waals surface area contributed by atoms with E-state index in [1.807, 2.05) is 34.9 Å². The maximum atomic E-state index is 13.6. The summed E-state index contributed by atoms with van der Waals surface area (Å²) < 4.78 is 31.2. The monoisotopic (exact) mass is 526 g/mol. The van der Waals surface area contributed by atoms with Crippen molar-refractivity contribution in [1.29, 1.82) is 0 Å². The Balaban J connectivity index is 1.54. The molecule has 1 amide bonds. The van der Waals surface area contributed by atoms with Gasteiger partial charge in [0.25, 0.3) is 0 Å². The number of amides is 1. The molecule has 1 aliphatic heterocycles. The molecule has 0 radical (unpaired) electrons. The molecule has 1 saturated heterocycles. The number of H-pyrrole nitrogens is 1. The van der Waals surface area contributed by atoms with E-state index < -0.39 is 11.7 Å². The smallest absolute Gasteiger partial charge is 0.317 e. The van der Waals surface area contributed by atoms with Gasteiger partial charge in [-0.05, 0) is 78.2 Å². The Bertz CT molecular complexity index is 1220. The van der Waals surface area contributed by atoms with E-state index in [0.29, 0.717) is 35.0 Å². The van der Waals surface area contributed by atoms with E-state index in [-0.39, 0.29) is 37.1 Å². The highest BCUT2D eigenvalue weighted by Crippen LogP contribution is 2.35. The van der Waals surface area contributed by atoms with Gasteiger partial charge in [0.15, 0.2) is 5.82 Å². The minimum absolute atomic E-state index is 0.0947. The van der Waals surface area contributed by atoms with E-state index in [1.54, 1.807) is 24.4 Å². The molecular weight excluding hydrogens is 491 g/mol. The van der Waals surface area contributed by atoms with E-state index in [9.17, 15) is 9.18 Å². The molecule has 204 valence electrons. The molecule has 1 aromatic carbocycles. The number of benzene rings is 1. The zero-order valence-corrected chi connectivity index (χ0v) is 22.5. The molecule has 3 aromatic rings. The van der Waals surface area contributed by atoms with Crippen LogP contribution in [0.5, 0.6) is 6.01 Å². The molecule has 0 bridgehead atoms. The lowest BCUT2D eigenvalue weighted by atomic mass is 9.91. The summed E-state index contributed by atoms with van der Waals surface area (Å²) in [5.41, 5.74) is 1.55. The molecule has 2 N–H and O–H groups in total. The standard InChI is InChI=1S/C27H35FN6O4/c1-17(2)38-26-30-13-11-20(31-26)22-21(18-7-9-19(28)10-8-18)32-23(33-22)24-36-15-27(3,16-37-24)25(35)29-12-6-14-34(4)5/h7-11,13,17,24H,6,12,14-16H2,1-5H3,(H,29,35)(H,32,33). The predicted octanol–water partition coefficient (Wildman–Crippen LogP) is 3.58. The Morgan fingerprint density at radius 3 is 2.58 bits per heavy atom. The first-order valence-corrected chi connectivity index (χ1v) is 12.7. The predicted molar refractivity (Wildman–Crippen MR) is 140 cm³/mol. The highest BCUT2D eigenvalue weighted by atomic mass is 19.1. The lowest BCUT2D eigenvalue weighted by Crippen LogP contribution is -2.49. The molecule has 38 heavy (non-hydrogen) atoms. The first-order chi connectivity index (χ1) is 18.1. The minimum Gasteiger partial charge on any atom is -0.461 e. The largest absolute Gasteiger partial charge is 0.461 e. The van der Waals surface area contributed by atoms with Crippen LogP contribution < -0.4 is 10.1 Å². The maximum Gasteiger partial charge on any atom is 0.317 e. The average Bonchev–Trinajstić information content (AvgIpc) is 3.32. The van der Waals surface area contributed by atoms with Crippen molar-refractivity contribution in [3.63, 3.8) is 0 Å². The normalized spacial score (nSPS) is 19.6. The van der Waals surface area contributed by atoms with Crippen molar-refractivity contribution in [3.8, 4) is 28.7 Å². The second-order valence-corrected chi connectivity index (χ2v) is 10.2. The average molecular weight is 527 g/mol. The Kier molecular flexibility index (Phi) is 8.70. The first kappa shape index (κ1) is 27.6. The lowest BCUT2D eigenvalue weighted by Gasteiger charge is -2.35. The van der Waals surface area contributed by atoms with Crippen LogP contribution in [0.15, 0.2) is 36.5 Å². The van der Waals surface area contributed by atoms with Crippen LogP contribution in [0.25, 0.3) is 22.6 Å². The number of carbonyl (C=O) groups excluding carboxylic acids is 1. The van der Waals surface area contributed by atoms with Crippen LogP contribution in [0.4, 0.5) is 4.39 Å². The van der Waals surface area contributed by atoms with E-state index >= 15 is 0 Å². The Labute approximate surface area is 221 Å². The van der Waals surface area contributed by atoms with E-state index in [1.165, 1.54) is 12.1 Å². The molecule has 1 fully saturated rings. The summed E-state index contributed by atoms with van der Waals surface area (Å²) in [6, 6.07) is 8.00. The van der Waals surface area contributed by atoms with Crippen LogP contribution in [-0.4, -0.2) is 77.2 Å². The summed E-state index contributed by atoms with van der Waals surface area (Å²) in [6.07, 6.45) is 1.55. The van der Waals surface area contributed by atoms with Crippen molar-refractivity contribution < 1.29 is 23.4 Å². The molecule has 1 aliphatic rings. The van der Waals surface area contributed by atoms with Gasteiger partial charge in [-0.3, -0.25) is 4.79 Å². The third-order valence-electron chi connectivity index (χ3n) is 6.02. The van der Waals surface area contributed by atoms with Crippen molar-refractivity contribution in [2.75, 3.05) is 40.4 Å². The number of hydrogen-bond donors (Lipinski definition) is 2. The molecular formula is C27H35FN6O4. The van der Waals surface area contributed by atoms with Crippen molar-refractivity contribution >= 4 is 5.91 Å². The minimum atomic E-state index is -0.820. The van der Waals surface area contributed by atoms with E-state index in [2.05, 4.69) is 25.2 Å². The van der Waals surface area contributed by atoms with Crippen molar-refractivity contribution in [2.45, 2.75) is 39.6 Å². The third kappa shape index (κ3) is 6.72. The summed E-state index contributed by atoms with van der Waals surface area (Å²) in [7, 11) is 3.99. The second-order valence-electron chi connectivity index (χ2n) is 10.2. The zero-order valence-electron chi connectivity index (χ0n) is 22.5. The van der Waals surface area contributed by atoms with Crippen LogP contribution in [0.1, 0.15) is 39.3 Å². The van der Waals surface area contributed by atoms with Gasteiger partial charge in [-0.1, -0.05) is 0 Å². The van der Waals surface area contributed by atoms with Crippen LogP contribution in [0, 0.1) is 11.2 Å². The van der Waals surface area contributed by atoms with Crippen LogP contribution in [0.3, 0.4) is 0 Å². The van der Waals surface area contributed by atoms with Crippen molar-refractivity contribution in [1.82, 2.24) is 30.2 Å². The maximum absolute atomic E-state index is 13.6. The van der Waals surface area contributed by atoms with Gasteiger partial charge in [-0.15, -0.1) is 0 Å². The van der Waals surface area contributed by atoms with Gasteiger partial charge < -0.3 is 29.4 Å². The highest BCUT2D eigenvalue weighted by molar-refractivity contribution is 5.82. The van der Waals surface area contributed by atoms with Gasteiger partial charge >= 0.3 is 6.01 Å². The number of nitrogens with zero attached hydrogens (tertiary/aromatic N) is 4. The summed E-state index contributed by atoms with van der Waals surface area (Å²) >= 11 is 0. The van der Waals surface area contributed by atoms with Crippen molar-refractivity contribution in [3.05, 3.63) is 48.2 Å². The quantitative estimate of drug-likeness (QED) is 0.386. The molecule has 0 aliphatic carbocycles. The van der Waals surface area contributed by atoms with Gasteiger partial charge in [0.2, 0.25) is 12.2 Å². The fraction of sp³-hybridized carbons (Fsp3) is 0.481. The number of carbonyl (C=O) groups is 1. The highest BCUT2D eigenvalue weighted by Gasteiger charge is 2.40. The van der Waals surface area contributed by atoms with E-state index in [0.717, 1.165) is 13.0 Å². The zero-order chi connectivity index (χ0) is 27.3. The van der Waals surface area contributed by atoms with Gasteiger partial charge in [0, 0.05) is 18.3 Å². The molecule has 2 aromatic heterocycles. The number of ether oxygens (including phenoxy) is 3. The topological polar surface area (TPSA) is 114 Å². The Hall–Kier alpha value is -3.41. The Morgan fingerprint density at radius 2 is 1.92 bits per heavy atom. The summed E-state index contributed by atoms with van der Waals surface area (Å²) in [5.74, 6) is -0.0443. The van der Waals surface area contributed by atoms with Gasteiger partial charge in [0.1, 0.15) is 5.82 Å². The Morgan fingerprint density at radius 1 is 1.21 bits per heavy atom. The van der Waals surface area contributed by atoms with Gasteiger partial charge in [0.05, 0.1) is 41.8 Å². The molecule has 11 heteroatoms. The van der Waals surface area contributed by atoms with Gasteiger partial charge in [-0.25, -0.2) is 14.4 Å². The van der Waals surface area contributed by atoms with E-state index in [4.69, 9.17) is 19.2 Å². The fourth-order valence-electron chi connectivity index (χ4n) is 3.96. The number of imidazole rings is 1. The number of hydrogen-bond acceptors (Lipinski definition) is 8. The van der Waals surface area contributed by atoms with Crippen LogP contribution in [-0.2, 0) is 14.3 Å². The van der Waals surface area contributed by atoms with Crippen molar-refractivity contribution in [2.24, 2.45) is 5.41 Å². The molecule has 0 unspecified atom stereocenters. The second kappa shape index (κ2) is 12.0. The summed E-state index contributed by atoms with van der Waals surface area (Å²) in [6.45, 7) is 7.41. The van der Waals surface area contributed by atoms with Crippen LogP contribution >= 0.6 is 0 Å². The molecule has 10 nitrogen and oxygen atoms in total. The number of rotatable bonds is 10. The molecule has 3 heterocycles. The first-order valence-electron chi connectivity index (χ1n) is 12.7.